The molecule has 2 heteroatoms. The van der Waals surface area contributed by atoms with E-state index in [9.17, 15) is 0 Å². The third kappa shape index (κ3) is 2.80. The van der Waals surface area contributed by atoms with Gasteiger partial charge in [0, 0.05) is 13.2 Å². The van der Waals surface area contributed by atoms with Gasteiger partial charge in [0.25, 0.3) is 0 Å². The topological polar surface area (TPSA) is 21.3 Å². The predicted molar refractivity (Wildman–Crippen MR) is 46.7 cm³/mol. The fourth-order valence-electron chi connectivity index (χ4n) is 1.42. The predicted octanol–water partition coefficient (Wildman–Crippen LogP) is 1.41. The molecule has 1 rings (SSSR count). The number of hydrogen-bond acceptors (Lipinski definition) is 2. The molecule has 0 radical (unpaired) electrons. The van der Waals surface area contributed by atoms with Crippen LogP contribution in [0.15, 0.2) is 0 Å². The zero-order valence-electron chi connectivity index (χ0n) is 7.76. The van der Waals surface area contributed by atoms with Crippen molar-refractivity contribution in [3.05, 3.63) is 0 Å². The van der Waals surface area contributed by atoms with Crippen LogP contribution in [0.1, 0.15) is 26.2 Å². The largest absolute Gasteiger partial charge is 0.380 e. The Bertz CT molecular complexity index is 112. The molecule has 1 aliphatic rings. The Morgan fingerprint density at radius 2 is 2.18 bits per heavy atom. The van der Waals surface area contributed by atoms with Gasteiger partial charge >= 0.3 is 0 Å². The lowest BCUT2D eigenvalue weighted by molar-refractivity contribution is 0.0808. The van der Waals surface area contributed by atoms with Gasteiger partial charge in [-0.1, -0.05) is 12.8 Å². The van der Waals surface area contributed by atoms with Gasteiger partial charge in [-0.15, -0.1) is 0 Å². The molecule has 0 amide bonds. The van der Waals surface area contributed by atoms with Crippen molar-refractivity contribution in [2.75, 3.05) is 14.2 Å². The fourth-order valence-corrected chi connectivity index (χ4v) is 1.42. The van der Waals surface area contributed by atoms with Gasteiger partial charge in [0.05, 0.1) is 6.10 Å². The zero-order valence-corrected chi connectivity index (χ0v) is 7.76. The van der Waals surface area contributed by atoms with Crippen molar-refractivity contribution < 1.29 is 4.74 Å². The first kappa shape index (κ1) is 9.01. The summed E-state index contributed by atoms with van der Waals surface area (Å²) in [7, 11) is 3.80. The molecule has 0 spiro atoms. The Labute approximate surface area is 69.3 Å². The number of nitrogens with one attached hydrogen (secondary N) is 1. The third-order valence-electron chi connectivity index (χ3n) is 2.59. The van der Waals surface area contributed by atoms with E-state index >= 15 is 0 Å². The highest BCUT2D eigenvalue weighted by atomic mass is 16.5. The van der Waals surface area contributed by atoms with Crippen LogP contribution < -0.4 is 5.32 Å². The van der Waals surface area contributed by atoms with Gasteiger partial charge in [0.2, 0.25) is 0 Å². The molecule has 0 aromatic heterocycles. The van der Waals surface area contributed by atoms with Crippen LogP contribution in [0.5, 0.6) is 0 Å². The smallest absolute Gasteiger partial charge is 0.0696 e. The Hall–Kier alpha value is -0.0800. The van der Waals surface area contributed by atoms with Crippen LogP contribution in [0.3, 0.4) is 0 Å². The molecule has 1 saturated carbocycles. The Morgan fingerprint density at radius 3 is 2.55 bits per heavy atom. The Kier molecular flexibility index (Phi) is 3.34. The molecular weight excluding hydrogens is 138 g/mol. The highest BCUT2D eigenvalue weighted by molar-refractivity contribution is 4.82. The van der Waals surface area contributed by atoms with Crippen LogP contribution in [-0.2, 0) is 4.74 Å². The molecule has 2 unspecified atom stereocenters. The third-order valence-corrected chi connectivity index (χ3v) is 2.59. The maximum Gasteiger partial charge on any atom is 0.0696 e. The van der Waals surface area contributed by atoms with Gasteiger partial charge in [0.1, 0.15) is 0 Å². The first-order valence-electron chi connectivity index (χ1n) is 4.48. The van der Waals surface area contributed by atoms with Crippen molar-refractivity contribution in [1.82, 2.24) is 5.32 Å². The van der Waals surface area contributed by atoms with Crippen LogP contribution in [0.4, 0.5) is 0 Å². The minimum absolute atomic E-state index is 0.348. The molecule has 1 aliphatic carbocycles. The number of rotatable bonds is 5. The summed E-state index contributed by atoms with van der Waals surface area (Å²) in [6, 6.07) is 0.549. The lowest BCUT2D eigenvalue weighted by atomic mass is 10.1. The van der Waals surface area contributed by atoms with Crippen molar-refractivity contribution >= 4 is 0 Å². The van der Waals surface area contributed by atoms with Gasteiger partial charge in [-0.2, -0.15) is 0 Å². The highest BCUT2D eigenvalue weighted by Gasteiger charge is 2.27. The van der Waals surface area contributed by atoms with Crippen LogP contribution in [0.2, 0.25) is 0 Å². The summed E-state index contributed by atoms with van der Waals surface area (Å²) in [4.78, 5) is 0. The molecule has 0 bridgehead atoms. The highest BCUT2D eigenvalue weighted by Crippen LogP contribution is 2.34. The second-order valence-corrected chi connectivity index (χ2v) is 3.52. The first-order valence-corrected chi connectivity index (χ1v) is 4.48. The molecule has 0 aromatic rings. The molecule has 11 heavy (non-hydrogen) atoms. The van der Waals surface area contributed by atoms with Crippen LogP contribution >= 0.6 is 0 Å². The van der Waals surface area contributed by atoms with E-state index in [1.165, 1.54) is 19.3 Å². The van der Waals surface area contributed by atoms with Crippen molar-refractivity contribution in [1.29, 1.82) is 0 Å². The second-order valence-electron chi connectivity index (χ2n) is 3.52. The summed E-state index contributed by atoms with van der Waals surface area (Å²) >= 11 is 0. The van der Waals surface area contributed by atoms with Gasteiger partial charge in [-0.25, -0.2) is 0 Å². The molecule has 0 aliphatic heterocycles. The maximum atomic E-state index is 5.27. The summed E-state index contributed by atoms with van der Waals surface area (Å²) in [5.41, 5.74) is 0. The number of likely N-dealkylation sites (N-methyl/N-ethyl adjacent to an activating group) is 1. The summed E-state index contributed by atoms with van der Waals surface area (Å²) in [5.74, 6) is 0.977. The quantitative estimate of drug-likeness (QED) is 0.651. The van der Waals surface area contributed by atoms with Crippen molar-refractivity contribution in [3.8, 4) is 0 Å². The molecule has 0 aromatic carbocycles. The molecule has 1 fully saturated rings. The molecule has 2 nitrogen and oxygen atoms in total. The van der Waals surface area contributed by atoms with E-state index in [1.807, 2.05) is 7.05 Å². The minimum Gasteiger partial charge on any atom is -0.380 e. The average Bonchev–Trinajstić information content (AvgIpc) is 2.82. The van der Waals surface area contributed by atoms with Crippen molar-refractivity contribution in [3.63, 3.8) is 0 Å². The lowest BCUT2D eigenvalue weighted by Crippen LogP contribution is -2.37. The SMILES string of the molecule is CNC(CC1CC1)C(C)OC. The van der Waals surface area contributed by atoms with E-state index in [-0.39, 0.29) is 0 Å². The molecule has 66 valence electrons. The zero-order chi connectivity index (χ0) is 8.27. The number of ether oxygens (including phenoxy) is 1. The van der Waals surface area contributed by atoms with Crippen molar-refractivity contribution in [2.24, 2.45) is 5.92 Å². The minimum atomic E-state index is 0.348. The molecule has 0 saturated heterocycles. The van der Waals surface area contributed by atoms with E-state index in [1.54, 1.807) is 7.11 Å². The average molecular weight is 157 g/mol. The lowest BCUT2D eigenvalue weighted by Gasteiger charge is -2.21. The molecule has 2 atom stereocenters. The van der Waals surface area contributed by atoms with Crippen LogP contribution in [0.25, 0.3) is 0 Å². The van der Waals surface area contributed by atoms with E-state index in [0.717, 1.165) is 5.92 Å². The fraction of sp³-hybridized carbons (Fsp3) is 1.00. The number of hydrogen-bond donors (Lipinski definition) is 1. The van der Waals surface area contributed by atoms with Gasteiger partial charge < -0.3 is 10.1 Å². The van der Waals surface area contributed by atoms with E-state index in [0.29, 0.717) is 12.1 Å². The molecule has 1 N–H and O–H groups in total. The van der Waals surface area contributed by atoms with Gasteiger partial charge in [-0.05, 0) is 26.3 Å². The standard InChI is InChI=1S/C9H19NO/c1-7(11-3)9(10-2)6-8-4-5-8/h7-10H,4-6H2,1-3H3. The first-order chi connectivity index (χ1) is 5.27. The summed E-state index contributed by atoms with van der Waals surface area (Å²) < 4.78 is 5.27. The van der Waals surface area contributed by atoms with E-state index < -0.39 is 0 Å². The molecule has 0 heterocycles. The maximum absolute atomic E-state index is 5.27. The van der Waals surface area contributed by atoms with Gasteiger partial charge in [-0.3, -0.25) is 0 Å². The Morgan fingerprint density at radius 1 is 1.55 bits per heavy atom. The van der Waals surface area contributed by atoms with Crippen LogP contribution in [0, 0.1) is 5.92 Å². The van der Waals surface area contributed by atoms with Crippen LogP contribution in [-0.4, -0.2) is 26.3 Å². The molecular formula is C9H19NO. The van der Waals surface area contributed by atoms with E-state index in [4.69, 9.17) is 4.74 Å². The Balaban J connectivity index is 2.21. The summed E-state index contributed by atoms with van der Waals surface area (Å²) in [5, 5.41) is 3.30. The van der Waals surface area contributed by atoms with Crippen molar-refractivity contribution in [2.45, 2.75) is 38.3 Å². The van der Waals surface area contributed by atoms with E-state index in [2.05, 4.69) is 12.2 Å². The summed E-state index contributed by atoms with van der Waals surface area (Å²) in [6.45, 7) is 2.13. The van der Waals surface area contributed by atoms with Gasteiger partial charge in [0.15, 0.2) is 0 Å². The monoisotopic (exact) mass is 157 g/mol. The number of methoxy groups -OCH3 is 1. The summed E-state index contributed by atoms with van der Waals surface area (Å²) in [6.07, 6.45) is 4.48. The second kappa shape index (κ2) is 4.07. The normalized spacial score (nSPS) is 23.2.